The molecule has 2 nitrogen and oxygen atoms in total. The van der Waals surface area contributed by atoms with Gasteiger partial charge in [-0.3, -0.25) is 0 Å². The highest BCUT2D eigenvalue weighted by Crippen LogP contribution is 2.36. The molecule has 15 heavy (non-hydrogen) atoms. The lowest BCUT2D eigenvalue weighted by atomic mass is 10.0. The van der Waals surface area contributed by atoms with Crippen molar-refractivity contribution in [3.05, 3.63) is 42.8 Å². The maximum absolute atomic E-state index is 5.35. The van der Waals surface area contributed by atoms with Gasteiger partial charge >= 0.3 is 0 Å². The molecule has 0 bridgehead atoms. The Kier molecular flexibility index (Phi) is 2.50. The van der Waals surface area contributed by atoms with E-state index in [0.29, 0.717) is 0 Å². The first-order valence-electron chi connectivity index (χ1n) is 4.73. The number of fused-ring (bicyclic) bond motifs is 1. The first-order chi connectivity index (χ1) is 7.27. The highest BCUT2D eigenvalue weighted by atomic mass is 16.5. The van der Waals surface area contributed by atoms with Crippen LogP contribution in [-0.2, 0) is 0 Å². The monoisotopic (exact) mass is 201 g/mol. The normalized spacial score (nSPS) is 10.3. The zero-order chi connectivity index (χ0) is 10.8. The highest BCUT2D eigenvalue weighted by molar-refractivity contribution is 5.93. The van der Waals surface area contributed by atoms with Crippen LogP contribution in [0.2, 0.25) is 0 Å². The van der Waals surface area contributed by atoms with Gasteiger partial charge < -0.3 is 9.47 Å². The summed E-state index contributed by atoms with van der Waals surface area (Å²) in [5.74, 6) is 1.51. The number of rotatable bonds is 2. The van der Waals surface area contributed by atoms with Crippen molar-refractivity contribution in [3.63, 3.8) is 0 Å². The van der Waals surface area contributed by atoms with Crippen molar-refractivity contribution in [3.8, 4) is 11.5 Å². The number of benzene rings is 2. The lowest BCUT2D eigenvalue weighted by Gasteiger charge is -2.11. The van der Waals surface area contributed by atoms with Crippen molar-refractivity contribution in [2.24, 2.45) is 0 Å². The number of methoxy groups -OCH3 is 2. The average Bonchev–Trinajstić information content (AvgIpc) is 2.28. The van der Waals surface area contributed by atoms with Gasteiger partial charge in [-0.15, -0.1) is 0 Å². The molecule has 0 aliphatic rings. The van der Waals surface area contributed by atoms with E-state index in [9.17, 15) is 0 Å². The second kappa shape index (κ2) is 3.81. The van der Waals surface area contributed by atoms with E-state index in [1.807, 2.05) is 30.3 Å². The van der Waals surface area contributed by atoms with Crippen LogP contribution < -0.4 is 9.47 Å². The molecule has 0 N–H and O–H groups in total. The van der Waals surface area contributed by atoms with Gasteiger partial charge in [0, 0.05) is 5.39 Å². The van der Waals surface area contributed by atoms with E-state index in [2.05, 4.69) is 6.92 Å². The van der Waals surface area contributed by atoms with Crippen LogP contribution in [0.15, 0.2) is 30.3 Å². The molecule has 1 radical (unpaired) electrons. The Morgan fingerprint density at radius 3 is 2.40 bits per heavy atom. The van der Waals surface area contributed by atoms with Crippen LogP contribution in [-0.4, -0.2) is 14.2 Å². The first-order valence-corrected chi connectivity index (χ1v) is 4.73. The van der Waals surface area contributed by atoms with Crippen LogP contribution in [0, 0.1) is 6.92 Å². The summed E-state index contributed by atoms with van der Waals surface area (Å²) < 4.78 is 10.6. The fraction of sp³-hybridized carbons (Fsp3) is 0.154. The SMILES string of the molecule is [CH2]c1cccc2c(OC)c(OC)ccc12. The Morgan fingerprint density at radius 2 is 1.73 bits per heavy atom. The Balaban J connectivity index is 2.82. The van der Waals surface area contributed by atoms with E-state index in [0.717, 1.165) is 27.8 Å². The average molecular weight is 201 g/mol. The third-order valence-electron chi connectivity index (χ3n) is 2.49. The maximum atomic E-state index is 5.35. The molecule has 2 rings (SSSR count). The van der Waals surface area contributed by atoms with E-state index in [4.69, 9.17) is 9.47 Å². The smallest absolute Gasteiger partial charge is 0.168 e. The van der Waals surface area contributed by atoms with Gasteiger partial charge in [0.2, 0.25) is 0 Å². The molecular formula is C13H13O2. The minimum atomic E-state index is 0.746. The molecule has 2 aromatic rings. The summed E-state index contributed by atoms with van der Waals surface area (Å²) in [4.78, 5) is 0. The van der Waals surface area contributed by atoms with Gasteiger partial charge in [0.1, 0.15) is 0 Å². The van der Waals surface area contributed by atoms with Crippen molar-refractivity contribution in [1.29, 1.82) is 0 Å². The molecule has 0 saturated carbocycles. The summed E-state index contributed by atoms with van der Waals surface area (Å²) in [6, 6.07) is 9.85. The summed E-state index contributed by atoms with van der Waals surface area (Å²) in [5, 5.41) is 2.12. The molecule has 0 saturated heterocycles. The third-order valence-corrected chi connectivity index (χ3v) is 2.49. The lowest BCUT2D eigenvalue weighted by Crippen LogP contribution is -1.92. The maximum Gasteiger partial charge on any atom is 0.168 e. The number of hydrogen-bond acceptors (Lipinski definition) is 2. The Morgan fingerprint density at radius 1 is 0.933 bits per heavy atom. The third kappa shape index (κ3) is 1.52. The van der Waals surface area contributed by atoms with Gasteiger partial charge in [-0.25, -0.2) is 0 Å². The van der Waals surface area contributed by atoms with E-state index in [-0.39, 0.29) is 0 Å². The van der Waals surface area contributed by atoms with Crippen LogP contribution in [0.5, 0.6) is 11.5 Å². The molecule has 0 unspecified atom stereocenters. The minimum Gasteiger partial charge on any atom is -0.493 e. The van der Waals surface area contributed by atoms with Crippen molar-refractivity contribution in [2.75, 3.05) is 14.2 Å². The number of hydrogen-bond donors (Lipinski definition) is 0. The van der Waals surface area contributed by atoms with Crippen molar-refractivity contribution in [1.82, 2.24) is 0 Å². The summed E-state index contributed by atoms with van der Waals surface area (Å²) in [6.45, 7) is 3.98. The van der Waals surface area contributed by atoms with Crippen molar-refractivity contribution < 1.29 is 9.47 Å². The van der Waals surface area contributed by atoms with Gasteiger partial charge in [-0.2, -0.15) is 0 Å². The Labute approximate surface area is 89.4 Å². The second-order valence-electron chi connectivity index (χ2n) is 3.31. The molecule has 0 aliphatic carbocycles. The predicted octanol–water partition coefficient (Wildman–Crippen LogP) is 3.04. The molecule has 0 spiro atoms. The minimum absolute atomic E-state index is 0.746. The van der Waals surface area contributed by atoms with Crippen molar-refractivity contribution >= 4 is 10.8 Å². The molecule has 0 amide bonds. The molecule has 0 aromatic heterocycles. The van der Waals surface area contributed by atoms with Crippen LogP contribution >= 0.6 is 0 Å². The predicted molar refractivity (Wildman–Crippen MR) is 61.5 cm³/mol. The van der Waals surface area contributed by atoms with Gasteiger partial charge in [-0.1, -0.05) is 24.3 Å². The molecule has 0 atom stereocenters. The zero-order valence-electron chi connectivity index (χ0n) is 8.91. The highest BCUT2D eigenvalue weighted by Gasteiger charge is 2.08. The molecule has 0 aliphatic heterocycles. The Bertz CT molecular complexity index is 489. The summed E-state index contributed by atoms with van der Waals surface area (Å²) in [5.41, 5.74) is 0.994. The van der Waals surface area contributed by atoms with Gasteiger partial charge in [0.05, 0.1) is 14.2 Å². The quantitative estimate of drug-likeness (QED) is 0.743. The standard InChI is InChI=1S/C13H13O2/c1-9-5-4-6-11-10(9)7-8-12(14-2)13(11)15-3/h4-8H,1H2,2-3H3. The summed E-state index contributed by atoms with van der Waals surface area (Å²) >= 11 is 0. The van der Waals surface area contributed by atoms with Crippen LogP contribution in [0.3, 0.4) is 0 Å². The fourth-order valence-corrected chi connectivity index (χ4v) is 1.75. The fourth-order valence-electron chi connectivity index (χ4n) is 1.75. The van der Waals surface area contributed by atoms with Crippen LogP contribution in [0.4, 0.5) is 0 Å². The molecule has 77 valence electrons. The molecule has 0 heterocycles. The van der Waals surface area contributed by atoms with E-state index in [1.165, 1.54) is 0 Å². The molecule has 0 fully saturated rings. The summed E-state index contributed by atoms with van der Waals surface area (Å²) in [7, 11) is 3.28. The van der Waals surface area contributed by atoms with E-state index < -0.39 is 0 Å². The summed E-state index contributed by atoms with van der Waals surface area (Å²) in [6.07, 6.45) is 0. The Hall–Kier alpha value is -1.70. The van der Waals surface area contributed by atoms with Crippen LogP contribution in [0.25, 0.3) is 10.8 Å². The number of ether oxygens (including phenoxy) is 2. The largest absolute Gasteiger partial charge is 0.493 e. The molecular weight excluding hydrogens is 188 g/mol. The molecule has 2 aromatic carbocycles. The lowest BCUT2D eigenvalue weighted by molar-refractivity contribution is 0.358. The van der Waals surface area contributed by atoms with Crippen LogP contribution in [0.1, 0.15) is 5.56 Å². The van der Waals surface area contributed by atoms with E-state index >= 15 is 0 Å². The second-order valence-corrected chi connectivity index (χ2v) is 3.31. The van der Waals surface area contributed by atoms with Gasteiger partial charge in [-0.05, 0) is 23.9 Å². The zero-order valence-corrected chi connectivity index (χ0v) is 8.91. The molecule has 2 heteroatoms. The first kappa shape index (κ1) is 9.84. The van der Waals surface area contributed by atoms with E-state index in [1.54, 1.807) is 14.2 Å². The topological polar surface area (TPSA) is 18.5 Å². The van der Waals surface area contributed by atoms with Gasteiger partial charge in [0.25, 0.3) is 0 Å². The van der Waals surface area contributed by atoms with Crippen molar-refractivity contribution in [2.45, 2.75) is 0 Å². The van der Waals surface area contributed by atoms with Gasteiger partial charge in [0.15, 0.2) is 11.5 Å².